The zero-order chi connectivity index (χ0) is 23.0. The molecule has 4 rings (SSSR count). The van der Waals surface area contributed by atoms with Gasteiger partial charge in [-0.05, 0) is 56.4 Å². The van der Waals surface area contributed by atoms with E-state index in [1.54, 1.807) is 12.1 Å². The molecule has 1 N–H and O–H groups in total. The van der Waals surface area contributed by atoms with Crippen LogP contribution in [-0.4, -0.2) is 41.8 Å². The second kappa shape index (κ2) is 8.95. The molecule has 1 amide bonds. The van der Waals surface area contributed by atoms with Gasteiger partial charge < -0.3 is 5.32 Å². The monoisotopic (exact) mass is 456 g/mol. The Morgan fingerprint density at radius 3 is 2.53 bits per heavy atom. The van der Waals surface area contributed by atoms with E-state index >= 15 is 0 Å². The van der Waals surface area contributed by atoms with E-state index in [-0.39, 0.29) is 29.1 Å². The zero-order valence-corrected chi connectivity index (χ0v) is 19.5. The van der Waals surface area contributed by atoms with Gasteiger partial charge >= 0.3 is 0 Å². The summed E-state index contributed by atoms with van der Waals surface area (Å²) < 4.78 is 14.9. The molecule has 2 aromatic rings. The highest BCUT2D eigenvalue weighted by Crippen LogP contribution is 2.41. The van der Waals surface area contributed by atoms with Crippen molar-refractivity contribution in [2.75, 3.05) is 19.6 Å². The molecule has 2 aromatic carbocycles. The van der Waals surface area contributed by atoms with E-state index < -0.39 is 17.7 Å². The molecule has 2 aliphatic rings. The van der Waals surface area contributed by atoms with E-state index in [1.807, 2.05) is 30.3 Å². The average Bonchev–Trinajstić information content (AvgIpc) is 3.33. The summed E-state index contributed by atoms with van der Waals surface area (Å²) in [5, 5.41) is 3.23. The molecule has 0 spiro atoms. The molecule has 0 aromatic heterocycles. The molecule has 32 heavy (non-hydrogen) atoms. The molecule has 0 aliphatic carbocycles. The van der Waals surface area contributed by atoms with Gasteiger partial charge in [-0.25, -0.2) is 4.39 Å². The molecule has 4 atom stereocenters. The topological polar surface area (TPSA) is 49.4 Å². The van der Waals surface area contributed by atoms with Crippen LogP contribution in [0.1, 0.15) is 37.8 Å². The minimum atomic E-state index is -0.710. The molecule has 170 valence electrons. The van der Waals surface area contributed by atoms with Gasteiger partial charge in [-0.2, -0.15) is 0 Å². The van der Waals surface area contributed by atoms with Crippen molar-refractivity contribution in [1.29, 1.82) is 0 Å². The van der Waals surface area contributed by atoms with Crippen LogP contribution in [0.3, 0.4) is 0 Å². The number of nitrogens with zero attached hydrogens (tertiary/aromatic N) is 1. The summed E-state index contributed by atoms with van der Waals surface area (Å²) in [5.41, 5.74) is 1.43. The number of amides is 1. The minimum absolute atomic E-state index is 0.0768. The first-order chi connectivity index (χ1) is 15.1. The van der Waals surface area contributed by atoms with E-state index in [1.165, 1.54) is 6.07 Å². The SMILES string of the molecule is CC(C)(C)N1C[C@@H](C(=O)[C@H]2C(=O)NC[C@H]2Cc2ccccc2)[C@H](c2ccc(Cl)cc2F)C1. The number of carbonyl (C=O) groups is 2. The summed E-state index contributed by atoms with van der Waals surface area (Å²) >= 11 is 5.97. The third-order valence-electron chi connectivity index (χ3n) is 6.94. The highest BCUT2D eigenvalue weighted by Gasteiger charge is 2.49. The number of benzene rings is 2. The largest absolute Gasteiger partial charge is 0.355 e. The Labute approximate surface area is 194 Å². The molecule has 0 saturated carbocycles. The fourth-order valence-electron chi connectivity index (χ4n) is 5.13. The fraction of sp³-hybridized carbons (Fsp3) is 0.462. The number of rotatable bonds is 5. The van der Waals surface area contributed by atoms with Crippen LogP contribution in [-0.2, 0) is 16.0 Å². The summed E-state index contributed by atoms with van der Waals surface area (Å²) in [5.74, 6) is -2.25. The number of likely N-dealkylation sites (tertiary alicyclic amines) is 1. The summed E-state index contributed by atoms with van der Waals surface area (Å²) in [6.45, 7) is 7.84. The standard InChI is InChI=1S/C26H30ClFN2O2/c1-26(2,3)30-14-20(19-10-9-18(27)12-22(19)28)21(15-30)24(31)23-17(13-29-25(23)32)11-16-7-5-4-6-8-16/h4-10,12,17,20-21,23H,11,13-15H2,1-3H3,(H,29,32)/t17-,20+,21-,23+/m1/s1. The van der Waals surface area contributed by atoms with E-state index in [9.17, 15) is 14.0 Å². The number of Topliss-reactive ketones (excluding diaryl/α,β-unsaturated/α-hetero) is 1. The first-order valence-electron chi connectivity index (χ1n) is 11.2. The lowest BCUT2D eigenvalue weighted by molar-refractivity contribution is -0.135. The zero-order valence-electron chi connectivity index (χ0n) is 18.8. The van der Waals surface area contributed by atoms with Crippen molar-refractivity contribution >= 4 is 23.3 Å². The third kappa shape index (κ3) is 4.60. The van der Waals surface area contributed by atoms with Crippen molar-refractivity contribution in [3.8, 4) is 0 Å². The molecule has 2 heterocycles. The second-order valence-corrected chi connectivity index (χ2v) is 10.5. The smallest absolute Gasteiger partial charge is 0.230 e. The highest BCUT2D eigenvalue weighted by molar-refractivity contribution is 6.30. The Bertz CT molecular complexity index is 1000. The number of carbonyl (C=O) groups excluding carboxylic acids is 2. The van der Waals surface area contributed by atoms with Crippen LogP contribution < -0.4 is 5.32 Å². The predicted octanol–water partition coefficient (Wildman–Crippen LogP) is 4.47. The summed E-state index contributed by atoms with van der Waals surface area (Å²) in [7, 11) is 0. The lowest BCUT2D eigenvalue weighted by atomic mass is 9.77. The summed E-state index contributed by atoms with van der Waals surface area (Å²) in [6, 6.07) is 14.6. The molecule has 0 unspecified atom stereocenters. The number of hydrogen-bond acceptors (Lipinski definition) is 3. The predicted molar refractivity (Wildman–Crippen MR) is 124 cm³/mol. The van der Waals surface area contributed by atoms with Crippen LogP contribution in [0.5, 0.6) is 0 Å². The van der Waals surface area contributed by atoms with Gasteiger partial charge in [-0.3, -0.25) is 14.5 Å². The Morgan fingerprint density at radius 2 is 1.88 bits per heavy atom. The molecule has 0 bridgehead atoms. The van der Waals surface area contributed by atoms with Crippen LogP contribution >= 0.6 is 11.6 Å². The van der Waals surface area contributed by atoms with Crippen molar-refractivity contribution in [3.05, 3.63) is 70.5 Å². The molecule has 2 fully saturated rings. The minimum Gasteiger partial charge on any atom is -0.355 e. The first-order valence-corrected chi connectivity index (χ1v) is 11.6. The van der Waals surface area contributed by atoms with Crippen molar-refractivity contribution in [2.45, 2.75) is 38.6 Å². The van der Waals surface area contributed by atoms with Crippen LogP contribution in [0, 0.1) is 23.6 Å². The van der Waals surface area contributed by atoms with Gasteiger partial charge in [0.05, 0.1) is 0 Å². The van der Waals surface area contributed by atoms with Crippen LogP contribution in [0.4, 0.5) is 4.39 Å². The number of ketones is 1. The Morgan fingerprint density at radius 1 is 1.16 bits per heavy atom. The normalized spacial score (nSPS) is 26.3. The maximum atomic E-state index is 14.9. The van der Waals surface area contributed by atoms with Gasteiger partial charge in [0.25, 0.3) is 0 Å². The Kier molecular flexibility index (Phi) is 6.42. The van der Waals surface area contributed by atoms with Crippen molar-refractivity contribution < 1.29 is 14.0 Å². The van der Waals surface area contributed by atoms with Crippen molar-refractivity contribution in [1.82, 2.24) is 10.2 Å². The molecule has 2 aliphatic heterocycles. The van der Waals surface area contributed by atoms with Gasteiger partial charge in [-0.1, -0.05) is 48.0 Å². The van der Waals surface area contributed by atoms with Gasteiger partial charge in [0.2, 0.25) is 5.91 Å². The average molecular weight is 457 g/mol. The molecule has 6 heteroatoms. The molecule has 2 saturated heterocycles. The van der Waals surface area contributed by atoms with E-state index in [0.717, 1.165) is 5.56 Å². The molecular formula is C26H30ClFN2O2. The third-order valence-corrected chi connectivity index (χ3v) is 7.17. The van der Waals surface area contributed by atoms with E-state index in [2.05, 4.69) is 31.0 Å². The molecule has 4 nitrogen and oxygen atoms in total. The second-order valence-electron chi connectivity index (χ2n) is 10.0. The number of hydrogen-bond donors (Lipinski definition) is 1. The van der Waals surface area contributed by atoms with Crippen LogP contribution in [0.2, 0.25) is 5.02 Å². The fourth-order valence-corrected chi connectivity index (χ4v) is 5.29. The maximum Gasteiger partial charge on any atom is 0.230 e. The van der Waals surface area contributed by atoms with E-state index in [4.69, 9.17) is 11.6 Å². The van der Waals surface area contributed by atoms with E-state index in [0.29, 0.717) is 36.6 Å². The number of nitrogens with one attached hydrogen (secondary N) is 1. The maximum absolute atomic E-state index is 14.9. The van der Waals surface area contributed by atoms with Gasteiger partial charge in [-0.15, -0.1) is 0 Å². The summed E-state index contributed by atoms with van der Waals surface area (Å²) in [6.07, 6.45) is 0.658. The van der Waals surface area contributed by atoms with Gasteiger partial charge in [0, 0.05) is 42.0 Å². The Hall–Kier alpha value is -2.24. The van der Waals surface area contributed by atoms with Crippen molar-refractivity contribution in [2.24, 2.45) is 17.8 Å². The first kappa shape index (κ1) is 22.9. The molecular weight excluding hydrogens is 427 g/mol. The quantitative estimate of drug-likeness (QED) is 0.675. The number of halogens is 2. The summed E-state index contributed by atoms with van der Waals surface area (Å²) in [4.78, 5) is 28.8. The molecule has 0 radical (unpaired) electrons. The lowest BCUT2D eigenvalue weighted by Gasteiger charge is -2.32. The van der Waals surface area contributed by atoms with Gasteiger partial charge in [0.15, 0.2) is 5.78 Å². The highest BCUT2D eigenvalue weighted by atomic mass is 35.5. The van der Waals surface area contributed by atoms with Gasteiger partial charge in [0.1, 0.15) is 11.7 Å². The Balaban J connectivity index is 1.64. The lowest BCUT2D eigenvalue weighted by Crippen LogP contribution is -2.41. The van der Waals surface area contributed by atoms with Crippen molar-refractivity contribution in [3.63, 3.8) is 0 Å². The van der Waals surface area contributed by atoms with Crippen LogP contribution in [0.25, 0.3) is 0 Å². The van der Waals surface area contributed by atoms with Crippen LogP contribution in [0.15, 0.2) is 48.5 Å².